The fourth-order valence-electron chi connectivity index (χ4n) is 2.46. The minimum Gasteiger partial charge on any atom is -0.496 e. The van der Waals surface area contributed by atoms with Crippen LogP contribution in [-0.4, -0.2) is 29.7 Å². The predicted molar refractivity (Wildman–Crippen MR) is 91.6 cm³/mol. The van der Waals surface area contributed by atoms with Crippen molar-refractivity contribution in [2.75, 3.05) is 13.7 Å². The molecule has 0 aliphatic rings. The molecule has 124 valence electrons. The van der Waals surface area contributed by atoms with Crippen LogP contribution in [0.1, 0.15) is 21.5 Å². The summed E-state index contributed by atoms with van der Waals surface area (Å²) in [6, 6.07) is 14.8. The van der Waals surface area contributed by atoms with Crippen LogP contribution < -0.4 is 10.2 Å². The van der Waals surface area contributed by atoms with Gasteiger partial charge in [-0.2, -0.15) is 0 Å². The zero-order valence-electron chi connectivity index (χ0n) is 13.5. The van der Waals surface area contributed by atoms with Gasteiger partial charge in [0.15, 0.2) is 0 Å². The molecule has 5 heteroatoms. The number of carbonyl (C=O) groups excluding carboxylic acids is 1. The number of hydroxylamine groups is 1. The molecule has 0 aliphatic heterocycles. The van der Waals surface area contributed by atoms with Gasteiger partial charge in [0, 0.05) is 24.2 Å². The molecule has 2 rings (SSSR count). The van der Waals surface area contributed by atoms with Crippen LogP contribution in [0.25, 0.3) is 0 Å². The first-order valence-electron chi connectivity index (χ1n) is 7.49. The van der Waals surface area contributed by atoms with Gasteiger partial charge in [-0.1, -0.05) is 36.3 Å². The first-order chi connectivity index (χ1) is 11.7. The summed E-state index contributed by atoms with van der Waals surface area (Å²) in [4.78, 5) is 13.5. The summed E-state index contributed by atoms with van der Waals surface area (Å²) in [6.45, 7) is 1.80. The monoisotopic (exact) mass is 324 g/mol. The van der Waals surface area contributed by atoms with Crippen LogP contribution in [0.2, 0.25) is 0 Å². The van der Waals surface area contributed by atoms with Crippen molar-refractivity contribution >= 4 is 5.91 Å². The molecule has 2 aromatic carbocycles. The zero-order valence-corrected chi connectivity index (χ0v) is 13.5. The van der Waals surface area contributed by atoms with Crippen LogP contribution in [0.5, 0.6) is 5.75 Å². The van der Waals surface area contributed by atoms with E-state index < -0.39 is 5.91 Å². The Morgan fingerprint density at radius 1 is 1.21 bits per heavy atom. The van der Waals surface area contributed by atoms with Crippen LogP contribution >= 0.6 is 0 Å². The number of benzene rings is 2. The molecule has 0 aliphatic carbocycles. The van der Waals surface area contributed by atoms with Crippen molar-refractivity contribution in [3.05, 3.63) is 65.2 Å². The Hall–Kier alpha value is -2.81. The molecule has 0 aromatic heterocycles. The molecule has 0 unspecified atom stereocenters. The molecule has 2 aromatic rings. The highest BCUT2D eigenvalue weighted by atomic mass is 16.5. The summed E-state index contributed by atoms with van der Waals surface area (Å²) >= 11 is 0. The van der Waals surface area contributed by atoms with Gasteiger partial charge in [-0.3, -0.25) is 14.9 Å². The third-order valence-electron chi connectivity index (χ3n) is 3.63. The second-order valence-electron chi connectivity index (χ2n) is 5.30. The second kappa shape index (κ2) is 8.73. The van der Waals surface area contributed by atoms with E-state index in [1.807, 2.05) is 36.4 Å². The van der Waals surface area contributed by atoms with Gasteiger partial charge in [0.25, 0.3) is 5.91 Å². The van der Waals surface area contributed by atoms with Crippen molar-refractivity contribution in [2.45, 2.75) is 13.1 Å². The maximum Gasteiger partial charge on any atom is 0.274 e. The van der Waals surface area contributed by atoms with Crippen molar-refractivity contribution in [1.82, 2.24) is 10.4 Å². The number of terminal acetylenes is 1. The molecule has 0 radical (unpaired) electrons. The number of rotatable bonds is 7. The van der Waals surface area contributed by atoms with Crippen molar-refractivity contribution < 1.29 is 14.7 Å². The largest absolute Gasteiger partial charge is 0.496 e. The van der Waals surface area contributed by atoms with E-state index in [2.05, 4.69) is 10.8 Å². The number of carbonyl (C=O) groups is 1. The quantitative estimate of drug-likeness (QED) is 0.466. The molecule has 0 spiro atoms. The summed E-state index contributed by atoms with van der Waals surface area (Å²) in [5.74, 6) is 2.97. The molecule has 24 heavy (non-hydrogen) atoms. The van der Waals surface area contributed by atoms with Crippen molar-refractivity contribution in [1.29, 1.82) is 0 Å². The standard InChI is InChI=1S/C19H20N2O3/c1-3-12-21(14-17-6-4-5-7-18(17)24-2)13-15-8-10-16(11-9-15)19(22)20-23/h1,4-11,23H,12-14H2,2H3,(H,20,22). The Morgan fingerprint density at radius 3 is 2.54 bits per heavy atom. The van der Waals surface area contributed by atoms with E-state index in [-0.39, 0.29) is 0 Å². The molecule has 0 saturated carbocycles. The van der Waals surface area contributed by atoms with Crippen molar-refractivity contribution in [2.24, 2.45) is 0 Å². The minimum atomic E-state index is -0.531. The van der Waals surface area contributed by atoms with E-state index in [0.717, 1.165) is 16.9 Å². The Morgan fingerprint density at radius 2 is 1.92 bits per heavy atom. The number of ether oxygens (including phenoxy) is 1. The highest BCUT2D eigenvalue weighted by molar-refractivity contribution is 5.93. The summed E-state index contributed by atoms with van der Waals surface area (Å²) in [5.41, 5.74) is 4.10. The molecule has 2 N–H and O–H groups in total. The lowest BCUT2D eigenvalue weighted by Gasteiger charge is -2.21. The Labute approximate surface area is 141 Å². The first-order valence-corrected chi connectivity index (χ1v) is 7.49. The zero-order chi connectivity index (χ0) is 17.4. The number of para-hydroxylation sites is 1. The van der Waals surface area contributed by atoms with E-state index in [9.17, 15) is 4.79 Å². The number of hydrogen-bond acceptors (Lipinski definition) is 4. The number of nitrogens with zero attached hydrogens (tertiary/aromatic N) is 1. The Bertz CT molecular complexity index is 720. The van der Waals surface area contributed by atoms with Gasteiger partial charge in [-0.05, 0) is 23.8 Å². The molecular formula is C19H20N2O3. The van der Waals surface area contributed by atoms with Crippen LogP contribution in [-0.2, 0) is 13.1 Å². The van der Waals surface area contributed by atoms with Crippen LogP contribution in [0.4, 0.5) is 0 Å². The third kappa shape index (κ3) is 4.59. The highest BCUT2D eigenvalue weighted by Gasteiger charge is 2.10. The van der Waals surface area contributed by atoms with Gasteiger partial charge in [0.2, 0.25) is 0 Å². The molecular weight excluding hydrogens is 304 g/mol. The summed E-state index contributed by atoms with van der Waals surface area (Å²) in [6.07, 6.45) is 5.49. The molecule has 0 atom stereocenters. The van der Waals surface area contributed by atoms with Crippen molar-refractivity contribution in [3.8, 4) is 18.1 Å². The van der Waals surface area contributed by atoms with E-state index >= 15 is 0 Å². The first kappa shape index (κ1) is 17.5. The Balaban J connectivity index is 2.11. The Kier molecular flexibility index (Phi) is 6.38. The molecule has 0 heterocycles. The number of nitrogens with one attached hydrogen (secondary N) is 1. The topological polar surface area (TPSA) is 61.8 Å². The normalized spacial score (nSPS) is 10.2. The van der Waals surface area contributed by atoms with Crippen molar-refractivity contribution in [3.63, 3.8) is 0 Å². The maximum absolute atomic E-state index is 11.3. The van der Waals surface area contributed by atoms with Gasteiger partial charge in [0.05, 0.1) is 13.7 Å². The van der Waals surface area contributed by atoms with Crippen LogP contribution in [0.3, 0.4) is 0 Å². The number of methoxy groups -OCH3 is 1. The van der Waals surface area contributed by atoms with Crippen LogP contribution in [0.15, 0.2) is 48.5 Å². The van der Waals surface area contributed by atoms with Gasteiger partial charge in [-0.15, -0.1) is 6.42 Å². The van der Waals surface area contributed by atoms with E-state index in [1.165, 1.54) is 0 Å². The summed E-state index contributed by atoms with van der Waals surface area (Å²) < 4.78 is 5.38. The van der Waals surface area contributed by atoms with Gasteiger partial charge < -0.3 is 4.74 Å². The van der Waals surface area contributed by atoms with E-state index in [0.29, 0.717) is 25.2 Å². The molecule has 5 nitrogen and oxygen atoms in total. The van der Waals surface area contributed by atoms with Gasteiger partial charge >= 0.3 is 0 Å². The minimum absolute atomic E-state index is 0.398. The predicted octanol–water partition coefficient (Wildman–Crippen LogP) is 2.45. The average Bonchev–Trinajstić information content (AvgIpc) is 2.62. The smallest absolute Gasteiger partial charge is 0.274 e. The lowest BCUT2D eigenvalue weighted by atomic mass is 10.1. The molecule has 0 fully saturated rings. The van der Waals surface area contributed by atoms with Crippen LogP contribution in [0, 0.1) is 12.3 Å². The summed E-state index contributed by atoms with van der Waals surface area (Å²) in [7, 11) is 1.65. The highest BCUT2D eigenvalue weighted by Crippen LogP contribution is 2.20. The average molecular weight is 324 g/mol. The fourth-order valence-corrected chi connectivity index (χ4v) is 2.46. The lowest BCUT2D eigenvalue weighted by molar-refractivity contribution is 0.0706. The van der Waals surface area contributed by atoms with E-state index in [4.69, 9.17) is 16.4 Å². The maximum atomic E-state index is 11.3. The third-order valence-corrected chi connectivity index (χ3v) is 3.63. The van der Waals surface area contributed by atoms with E-state index in [1.54, 1.807) is 24.7 Å². The number of hydrogen-bond donors (Lipinski definition) is 2. The van der Waals surface area contributed by atoms with Gasteiger partial charge in [0.1, 0.15) is 5.75 Å². The second-order valence-corrected chi connectivity index (χ2v) is 5.30. The van der Waals surface area contributed by atoms with Gasteiger partial charge in [-0.25, -0.2) is 5.48 Å². The fraction of sp³-hybridized carbons (Fsp3) is 0.211. The molecule has 0 saturated heterocycles. The molecule has 1 amide bonds. The summed E-state index contributed by atoms with van der Waals surface area (Å²) in [5, 5.41) is 8.64. The molecule has 0 bridgehead atoms. The SMILES string of the molecule is C#CCN(Cc1ccc(C(=O)NO)cc1)Cc1ccccc1OC. The lowest BCUT2D eigenvalue weighted by Crippen LogP contribution is -2.23. The number of amides is 1.